The van der Waals surface area contributed by atoms with E-state index >= 15 is 0 Å². The molecule has 0 nitrogen and oxygen atoms in total. The summed E-state index contributed by atoms with van der Waals surface area (Å²) < 4.78 is 3.15. The molecule has 0 saturated carbocycles. The van der Waals surface area contributed by atoms with Crippen LogP contribution in [-0.2, 0) is 24.6 Å². The van der Waals surface area contributed by atoms with Gasteiger partial charge in [0.1, 0.15) is 0 Å². The van der Waals surface area contributed by atoms with Gasteiger partial charge in [-0.05, 0) is 0 Å². The molecule has 0 aliphatic rings. The average molecular weight is 431 g/mol. The molecule has 0 amide bonds. The number of benzene rings is 3. The van der Waals surface area contributed by atoms with Gasteiger partial charge >= 0.3 is 127 Å². The molecule has 0 heterocycles. The van der Waals surface area contributed by atoms with Crippen molar-refractivity contribution in [3.05, 3.63) is 84.9 Å². The SMILES string of the molecule is c1cc[c]([Hg][c]2ccc(-c3ccccc3)cc2)cc1. The second-order valence-electron chi connectivity index (χ2n) is 4.73. The Balaban J connectivity index is 1.80. The summed E-state index contributed by atoms with van der Waals surface area (Å²) >= 11 is -1.13. The van der Waals surface area contributed by atoms with Crippen LogP contribution in [0.2, 0.25) is 0 Å². The maximum absolute atomic E-state index is 2.32. The van der Waals surface area contributed by atoms with Crippen LogP contribution in [0.3, 0.4) is 0 Å². The average Bonchev–Trinajstić information content (AvgIpc) is 2.50. The Morgan fingerprint density at radius 3 is 1.53 bits per heavy atom. The third-order valence-electron chi connectivity index (χ3n) is 3.31. The van der Waals surface area contributed by atoms with E-state index in [2.05, 4.69) is 84.9 Å². The molecule has 0 radical (unpaired) electrons. The summed E-state index contributed by atoms with van der Waals surface area (Å²) in [6, 6.07) is 30.6. The summed E-state index contributed by atoms with van der Waals surface area (Å²) in [4.78, 5) is 0. The van der Waals surface area contributed by atoms with Crippen LogP contribution < -0.4 is 6.14 Å². The molecule has 0 N–H and O–H groups in total. The predicted molar refractivity (Wildman–Crippen MR) is 77.6 cm³/mol. The first kappa shape index (κ1) is 12.6. The standard InChI is InChI=1S/C12H9.C6H5.Hg/c1-3-7-11(8-4-1)12-9-5-2-6-10-12;1-2-4-6-5-3-1;/h1,3-10H;1-5H;. The summed E-state index contributed by atoms with van der Waals surface area (Å²) in [5.74, 6) is 0. The Morgan fingerprint density at radius 1 is 0.421 bits per heavy atom. The Hall–Kier alpha value is -1.40. The first-order valence-corrected chi connectivity index (χ1v) is 12.1. The normalized spacial score (nSPS) is 9.89. The van der Waals surface area contributed by atoms with Crippen molar-refractivity contribution in [2.24, 2.45) is 0 Å². The molecule has 0 aliphatic carbocycles. The summed E-state index contributed by atoms with van der Waals surface area (Å²) in [7, 11) is 0. The van der Waals surface area contributed by atoms with E-state index in [1.165, 1.54) is 11.1 Å². The fraction of sp³-hybridized carbons (Fsp3) is 0. The van der Waals surface area contributed by atoms with Crippen molar-refractivity contribution < 1.29 is 24.6 Å². The van der Waals surface area contributed by atoms with Gasteiger partial charge < -0.3 is 0 Å². The fourth-order valence-corrected chi connectivity index (χ4v) is 7.92. The summed E-state index contributed by atoms with van der Waals surface area (Å²) in [6.45, 7) is 0. The minimum atomic E-state index is -1.13. The van der Waals surface area contributed by atoms with E-state index in [4.69, 9.17) is 0 Å². The molecule has 88 valence electrons. The zero-order valence-electron chi connectivity index (χ0n) is 10.8. The van der Waals surface area contributed by atoms with E-state index in [1.54, 1.807) is 6.14 Å². The molecule has 0 atom stereocenters. The van der Waals surface area contributed by atoms with Gasteiger partial charge in [0.05, 0.1) is 0 Å². The third kappa shape index (κ3) is 3.33. The zero-order valence-corrected chi connectivity index (χ0v) is 16.3. The quantitative estimate of drug-likeness (QED) is 0.559. The molecule has 0 aromatic heterocycles. The van der Waals surface area contributed by atoms with Gasteiger partial charge in [-0.3, -0.25) is 0 Å². The molecule has 0 fully saturated rings. The van der Waals surface area contributed by atoms with Gasteiger partial charge in [0.2, 0.25) is 0 Å². The van der Waals surface area contributed by atoms with Crippen molar-refractivity contribution in [2.45, 2.75) is 0 Å². The summed E-state index contributed by atoms with van der Waals surface area (Å²) in [5, 5.41) is 0. The molecule has 19 heavy (non-hydrogen) atoms. The molecule has 0 aliphatic heterocycles. The second kappa shape index (κ2) is 6.16. The number of hydrogen-bond acceptors (Lipinski definition) is 0. The van der Waals surface area contributed by atoms with Crippen molar-refractivity contribution in [3.8, 4) is 11.1 Å². The van der Waals surface area contributed by atoms with Crippen molar-refractivity contribution >= 4 is 6.14 Å². The molecule has 0 unspecified atom stereocenters. The van der Waals surface area contributed by atoms with Crippen LogP contribution in [0, 0.1) is 0 Å². The molecular formula is C18H14Hg. The van der Waals surface area contributed by atoms with Crippen molar-refractivity contribution in [1.82, 2.24) is 0 Å². The molecule has 1 heteroatoms. The number of hydrogen-bond donors (Lipinski definition) is 0. The topological polar surface area (TPSA) is 0 Å². The first-order valence-electron chi connectivity index (χ1n) is 6.60. The molecule has 3 rings (SSSR count). The molecule has 0 spiro atoms. The molecule has 3 aromatic carbocycles. The Labute approximate surface area is 126 Å². The van der Waals surface area contributed by atoms with E-state index in [9.17, 15) is 0 Å². The van der Waals surface area contributed by atoms with E-state index in [0.717, 1.165) is 0 Å². The van der Waals surface area contributed by atoms with Gasteiger partial charge in [0, 0.05) is 0 Å². The van der Waals surface area contributed by atoms with Gasteiger partial charge in [-0.2, -0.15) is 0 Å². The minimum absolute atomic E-state index is 1.13. The van der Waals surface area contributed by atoms with Gasteiger partial charge in [0.25, 0.3) is 0 Å². The summed E-state index contributed by atoms with van der Waals surface area (Å²) in [6.07, 6.45) is 0. The zero-order chi connectivity index (χ0) is 12.9. The van der Waals surface area contributed by atoms with Crippen LogP contribution in [0.25, 0.3) is 11.1 Å². The van der Waals surface area contributed by atoms with Crippen molar-refractivity contribution in [2.75, 3.05) is 0 Å². The van der Waals surface area contributed by atoms with E-state index in [0.29, 0.717) is 0 Å². The van der Waals surface area contributed by atoms with Crippen LogP contribution in [0.4, 0.5) is 0 Å². The molecule has 3 aromatic rings. The number of rotatable bonds is 3. The molecule has 0 saturated heterocycles. The van der Waals surface area contributed by atoms with Gasteiger partial charge in [-0.15, -0.1) is 0 Å². The van der Waals surface area contributed by atoms with Crippen LogP contribution in [-0.4, -0.2) is 0 Å². The van der Waals surface area contributed by atoms with Crippen LogP contribution in [0.1, 0.15) is 0 Å². The van der Waals surface area contributed by atoms with Gasteiger partial charge in [0.15, 0.2) is 0 Å². The van der Waals surface area contributed by atoms with Crippen LogP contribution >= 0.6 is 0 Å². The molecular weight excluding hydrogens is 417 g/mol. The van der Waals surface area contributed by atoms with Gasteiger partial charge in [-0.25, -0.2) is 0 Å². The Kier molecular flexibility index (Phi) is 4.09. The Bertz CT molecular complexity index is 628. The molecule has 0 bridgehead atoms. The van der Waals surface area contributed by atoms with Crippen LogP contribution in [0.15, 0.2) is 84.9 Å². The van der Waals surface area contributed by atoms with Crippen molar-refractivity contribution in [1.29, 1.82) is 0 Å². The van der Waals surface area contributed by atoms with Crippen molar-refractivity contribution in [3.63, 3.8) is 0 Å². The van der Waals surface area contributed by atoms with E-state index in [-0.39, 0.29) is 0 Å². The predicted octanol–water partition coefficient (Wildman–Crippen LogP) is 3.39. The van der Waals surface area contributed by atoms with E-state index < -0.39 is 24.6 Å². The van der Waals surface area contributed by atoms with Crippen LogP contribution in [0.5, 0.6) is 0 Å². The fourth-order valence-electron chi connectivity index (χ4n) is 2.28. The maximum atomic E-state index is 2.32. The third-order valence-corrected chi connectivity index (χ3v) is 10.2. The Morgan fingerprint density at radius 2 is 0.895 bits per heavy atom. The van der Waals surface area contributed by atoms with E-state index in [1.807, 2.05) is 0 Å². The first-order chi connectivity index (χ1) is 9.42. The van der Waals surface area contributed by atoms with Gasteiger partial charge in [-0.1, -0.05) is 0 Å². The second-order valence-corrected chi connectivity index (χ2v) is 12.4. The summed E-state index contributed by atoms with van der Waals surface area (Å²) in [5.41, 5.74) is 2.61. The monoisotopic (exact) mass is 432 g/mol.